The van der Waals surface area contributed by atoms with Crippen molar-refractivity contribution in [1.82, 2.24) is 5.32 Å². The Kier molecular flexibility index (Phi) is 4.02. The van der Waals surface area contributed by atoms with E-state index in [9.17, 15) is 14.4 Å². The van der Waals surface area contributed by atoms with Gasteiger partial charge in [-0.3, -0.25) is 9.59 Å². The number of carboxylic acids is 1. The van der Waals surface area contributed by atoms with Crippen LogP contribution in [0.1, 0.15) is 24.3 Å². The first kappa shape index (κ1) is 14.0. The molecule has 1 saturated carbocycles. The maximum atomic E-state index is 12.0. The lowest BCUT2D eigenvalue weighted by Crippen LogP contribution is -2.44. The Hall–Kier alpha value is -2.37. The van der Waals surface area contributed by atoms with Gasteiger partial charge in [0.2, 0.25) is 11.8 Å². The maximum Gasteiger partial charge on any atom is 0.326 e. The molecule has 4 N–H and O–H groups in total. The molecule has 0 aliphatic heterocycles. The van der Waals surface area contributed by atoms with Crippen molar-refractivity contribution in [3.8, 4) is 0 Å². The molecule has 6 nitrogen and oxygen atoms in total. The molecule has 0 spiro atoms. The molecule has 0 bridgehead atoms. The van der Waals surface area contributed by atoms with Crippen LogP contribution in [0.3, 0.4) is 0 Å². The standard InChI is InChI=1S/C14H16N2O4/c15-12(17)7-11(14(19)20)16-13(18)10-6-9(10)8-4-2-1-3-5-8/h1-5,9-11H,6-7H2,(H2,15,17)(H,16,18)(H,19,20). The number of nitrogens with one attached hydrogen (secondary N) is 1. The lowest BCUT2D eigenvalue weighted by Gasteiger charge is -2.12. The molecule has 1 aromatic rings. The number of rotatable bonds is 6. The Bertz CT molecular complexity index is 529. The molecule has 106 valence electrons. The van der Waals surface area contributed by atoms with Gasteiger partial charge in [0, 0.05) is 5.92 Å². The number of hydrogen-bond acceptors (Lipinski definition) is 3. The first-order valence-electron chi connectivity index (χ1n) is 6.35. The number of amides is 2. The van der Waals surface area contributed by atoms with Crippen molar-refractivity contribution in [2.45, 2.75) is 24.8 Å². The highest BCUT2D eigenvalue weighted by molar-refractivity contribution is 5.90. The van der Waals surface area contributed by atoms with Crippen LogP contribution in [0.2, 0.25) is 0 Å². The van der Waals surface area contributed by atoms with Crippen LogP contribution in [-0.4, -0.2) is 28.9 Å². The molecular formula is C14H16N2O4. The van der Waals surface area contributed by atoms with Gasteiger partial charge < -0.3 is 16.2 Å². The molecule has 2 rings (SSSR count). The quantitative estimate of drug-likeness (QED) is 0.691. The minimum absolute atomic E-state index is 0.124. The fourth-order valence-corrected chi connectivity index (χ4v) is 2.23. The highest BCUT2D eigenvalue weighted by atomic mass is 16.4. The second-order valence-electron chi connectivity index (χ2n) is 4.93. The van der Waals surface area contributed by atoms with E-state index in [1.807, 2.05) is 30.3 Å². The second-order valence-corrected chi connectivity index (χ2v) is 4.93. The van der Waals surface area contributed by atoms with Gasteiger partial charge >= 0.3 is 5.97 Å². The normalized spacial score (nSPS) is 21.8. The van der Waals surface area contributed by atoms with Crippen molar-refractivity contribution >= 4 is 17.8 Å². The predicted octanol–water partition coefficient (Wildman–Crippen LogP) is 0.235. The molecule has 1 aliphatic rings. The Labute approximate surface area is 116 Å². The van der Waals surface area contributed by atoms with Gasteiger partial charge in [0.25, 0.3) is 0 Å². The van der Waals surface area contributed by atoms with E-state index in [0.29, 0.717) is 6.42 Å². The third-order valence-electron chi connectivity index (χ3n) is 3.37. The molecule has 0 radical (unpaired) electrons. The largest absolute Gasteiger partial charge is 0.480 e. The lowest BCUT2D eigenvalue weighted by atomic mass is 10.1. The number of hydrogen-bond donors (Lipinski definition) is 3. The number of aliphatic carboxylic acids is 1. The van der Waals surface area contributed by atoms with E-state index in [-0.39, 0.29) is 17.7 Å². The molecule has 6 heteroatoms. The zero-order valence-electron chi connectivity index (χ0n) is 10.8. The number of nitrogens with two attached hydrogens (primary N) is 1. The summed E-state index contributed by atoms with van der Waals surface area (Å²) < 4.78 is 0. The molecular weight excluding hydrogens is 260 g/mol. The highest BCUT2D eigenvalue weighted by Gasteiger charge is 2.44. The van der Waals surface area contributed by atoms with Crippen LogP contribution < -0.4 is 11.1 Å². The zero-order chi connectivity index (χ0) is 14.7. The summed E-state index contributed by atoms with van der Waals surface area (Å²) in [6.45, 7) is 0. The minimum Gasteiger partial charge on any atom is -0.480 e. The minimum atomic E-state index is -1.26. The third-order valence-corrected chi connectivity index (χ3v) is 3.37. The van der Waals surface area contributed by atoms with Gasteiger partial charge in [-0.1, -0.05) is 30.3 Å². The van der Waals surface area contributed by atoms with Crippen LogP contribution in [0.5, 0.6) is 0 Å². The monoisotopic (exact) mass is 276 g/mol. The van der Waals surface area contributed by atoms with Crippen LogP contribution in [0.25, 0.3) is 0 Å². The summed E-state index contributed by atoms with van der Waals surface area (Å²) in [6.07, 6.45) is 0.294. The molecule has 1 aromatic carbocycles. The van der Waals surface area contributed by atoms with Gasteiger partial charge in [0.1, 0.15) is 6.04 Å². The van der Waals surface area contributed by atoms with E-state index < -0.39 is 24.3 Å². The number of carbonyl (C=O) groups is 3. The molecule has 3 unspecified atom stereocenters. The summed E-state index contributed by atoms with van der Waals surface area (Å²) in [5, 5.41) is 11.3. The number of benzene rings is 1. The molecule has 20 heavy (non-hydrogen) atoms. The average molecular weight is 276 g/mol. The fraction of sp³-hybridized carbons (Fsp3) is 0.357. The van der Waals surface area contributed by atoms with E-state index in [4.69, 9.17) is 10.8 Å². The van der Waals surface area contributed by atoms with E-state index in [1.165, 1.54) is 0 Å². The molecule has 0 heterocycles. The smallest absolute Gasteiger partial charge is 0.326 e. The summed E-state index contributed by atoms with van der Waals surface area (Å²) in [5.41, 5.74) is 6.03. The van der Waals surface area contributed by atoms with E-state index >= 15 is 0 Å². The van der Waals surface area contributed by atoms with Crippen LogP contribution in [0.4, 0.5) is 0 Å². The lowest BCUT2D eigenvalue weighted by molar-refractivity contribution is -0.143. The van der Waals surface area contributed by atoms with Crippen LogP contribution in [-0.2, 0) is 14.4 Å². The van der Waals surface area contributed by atoms with Crippen molar-refractivity contribution in [2.75, 3.05) is 0 Å². The van der Waals surface area contributed by atoms with Gasteiger partial charge in [-0.15, -0.1) is 0 Å². The van der Waals surface area contributed by atoms with Crippen molar-refractivity contribution < 1.29 is 19.5 Å². The predicted molar refractivity (Wildman–Crippen MR) is 70.7 cm³/mol. The number of primary amides is 1. The number of carbonyl (C=O) groups excluding carboxylic acids is 2. The molecule has 0 saturated heterocycles. The maximum absolute atomic E-state index is 12.0. The molecule has 3 atom stereocenters. The number of carboxylic acid groups (broad SMARTS) is 1. The third kappa shape index (κ3) is 3.34. The van der Waals surface area contributed by atoms with Crippen molar-refractivity contribution in [2.24, 2.45) is 11.7 Å². The Morgan fingerprint density at radius 2 is 1.95 bits per heavy atom. The molecule has 2 amide bonds. The van der Waals surface area contributed by atoms with Crippen LogP contribution in [0, 0.1) is 5.92 Å². The second kappa shape index (κ2) is 5.73. The highest BCUT2D eigenvalue weighted by Crippen LogP contribution is 2.47. The molecule has 1 fully saturated rings. The Morgan fingerprint density at radius 1 is 1.30 bits per heavy atom. The van der Waals surface area contributed by atoms with Crippen molar-refractivity contribution in [3.05, 3.63) is 35.9 Å². The van der Waals surface area contributed by atoms with Crippen LogP contribution >= 0.6 is 0 Å². The van der Waals surface area contributed by atoms with Gasteiger partial charge in [-0.25, -0.2) is 4.79 Å². The molecule has 0 aromatic heterocycles. The van der Waals surface area contributed by atoms with Gasteiger partial charge in [-0.2, -0.15) is 0 Å². The Balaban J connectivity index is 1.93. The van der Waals surface area contributed by atoms with Crippen LogP contribution in [0.15, 0.2) is 30.3 Å². The van der Waals surface area contributed by atoms with E-state index in [0.717, 1.165) is 5.56 Å². The Morgan fingerprint density at radius 3 is 2.50 bits per heavy atom. The topological polar surface area (TPSA) is 109 Å². The summed E-state index contributed by atoms with van der Waals surface area (Å²) in [4.78, 5) is 33.7. The van der Waals surface area contributed by atoms with Gasteiger partial charge in [0.15, 0.2) is 0 Å². The summed E-state index contributed by atoms with van der Waals surface area (Å²) in [6, 6.07) is 8.32. The van der Waals surface area contributed by atoms with Gasteiger partial charge in [0.05, 0.1) is 6.42 Å². The summed E-state index contributed by atoms with van der Waals surface area (Å²) in [5.74, 6) is -2.46. The van der Waals surface area contributed by atoms with E-state index in [2.05, 4.69) is 5.32 Å². The first-order chi connectivity index (χ1) is 9.49. The summed E-state index contributed by atoms with van der Waals surface area (Å²) >= 11 is 0. The first-order valence-corrected chi connectivity index (χ1v) is 6.35. The van der Waals surface area contributed by atoms with E-state index in [1.54, 1.807) is 0 Å². The van der Waals surface area contributed by atoms with Gasteiger partial charge in [-0.05, 0) is 17.9 Å². The zero-order valence-corrected chi connectivity index (χ0v) is 10.8. The summed E-state index contributed by atoms with van der Waals surface area (Å²) in [7, 11) is 0. The molecule has 1 aliphatic carbocycles. The SMILES string of the molecule is NC(=O)CC(NC(=O)C1CC1c1ccccc1)C(=O)O. The van der Waals surface area contributed by atoms with Crippen molar-refractivity contribution in [1.29, 1.82) is 0 Å². The average Bonchev–Trinajstić information content (AvgIpc) is 3.18. The van der Waals surface area contributed by atoms with Crippen molar-refractivity contribution in [3.63, 3.8) is 0 Å². The fourth-order valence-electron chi connectivity index (χ4n) is 2.23.